The third-order valence-corrected chi connectivity index (χ3v) is 4.83. The molecule has 0 saturated heterocycles. The molecule has 8 nitrogen and oxygen atoms in total. The Hall–Kier alpha value is -4.72. The van der Waals surface area contributed by atoms with E-state index in [0.717, 1.165) is 5.56 Å². The molecule has 170 valence electrons. The highest BCUT2D eigenvalue weighted by Gasteiger charge is 2.11. The highest BCUT2D eigenvalue weighted by atomic mass is 16.5. The number of hydrogen-bond donors (Lipinski definition) is 2. The molecule has 4 aromatic rings. The summed E-state index contributed by atoms with van der Waals surface area (Å²) in [5.41, 5.74) is 2.85. The molecular weight excluding hydrogens is 432 g/mol. The van der Waals surface area contributed by atoms with Crippen LogP contribution in [-0.2, 0) is 0 Å². The fourth-order valence-electron chi connectivity index (χ4n) is 3.13. The molecule has 0 bridgehead atoms. The number of aromatic nitrogens is 2. The van der Waals surface area contributed by atoms with E-state index in [4.69, 9.17) is 9.47 Å². The number of hydrogen-bond acceptors (Lipinski definition) is 6. The van der Waals surface area contributed by atoms with E-state index in [2.05, 4.69) is 20.6 Å². The number of amides is 2. The van der Waals surface area contributed by atoms with Crippen LogP contribution in [0.15, 0.2) is 85.3 Å². The van der Waals surface area contributed by atoms with Crippen molar-refractivity contribution >= 4 is 23.2 Å². The second-order valence-corrected chi connectivity index (χ2v) is 7.37. The number of aryl methyl sites for hydroxylation is 1. The van der Waals surface area contributed by atoms with Crippen molar-refractivity contribution in [3.8, 4) is 17.4 Å². The summed E-state index contributed by atoms with van der Waals surface area (Å²) in [5, 5.41) is 5.55. The number of anilines is 2. The van der Waals surface area contributed by atoms with Crippen molar-refractivity contribution < 1.29 is 19.1 Å². The lowest BCUT2D eigenvalue weighted by Crippen LogP contribution is -2.14. The Kier molecular flexibility index (Phi) is 6.78. The minimum Gasteiger partial charge on any atom is -0.493 e. The number of rotatable bonds is 7. The molecule has 0 saturated carbocycles. The van der Waals surface area contributed by atoms with Gasteiger partial charge >= 0.3 is 0 Å². The molecule has 0 aliphatic heterocycles. The lowest BCUT2D eigenvalue weighted by atomic mass is 10.1. The zero-order valence-corrected chi connectivity index (χ0v) is 18.6. The monoisotopic (exact) mass is 454 g/mol. The maximum Gasteiger partial charge on any atom is 0.257 e. The Morgan fingerprint density at radius 1 is 0.794 bits per heavy atom. The Labute approximate surface area is 196 Å². The van der Waals surface area contributed by atoms with Crippen molar-refractivity contribution in [2.45, 2.75) is 6.92 Å². The van der Waals surface area contributed by atoms with Gasteiger partial charge in [0, 0.05) is 29.7 Å². The number of pyridine rings is 2. The molecule has 0 unspecified atom stereocenters. The van der Waals surface area contributed by atoms with Crippen molar-refractivity contribution in [1.29, 1.82) is 0 Å². The second kappa shape index (κ2) is 10.3. The summed E-state index contributed by atoms with van der Waals surface area (Å²) in [4.78, 5) is 33.2. The van der Waals surface area contributed by atoms with Crippen LogP contribution in [0, 0.1) is 6.92 Å². The van der Waals surface area contributed by atoms with Gasteiger partial charge in [-0.25, -0.2) is 4.98 Å². The summed E-state index contributed by atoms with van der Waals surface area (Å²) in [7, 11) is 1.58. The Morgan fingerprint density at radius 3 is 2.32 bits per heavy atom. The summed E-state index contributed by atoms with van der Waals surface area (Å²) in [5.74, 6) is 0.862. The first-order valence-electron chi connectivity index (χ1n) is 10.4. The van der Waals surface area contributed by atoms with E-state index in [0.29, 0.717) is 39.9 Å². The number of nitrogens with one attached hydrogen (secondary N) is 2. The number of nitrogens with zero attached hydrogens (tertiary/aromatic N) is 2. The van der Waals surface area contributed by atoms with Gasteiger partial charge in [0.25, 0.3) is 11.8 Å². The highest BCUT2D eigenvalue weighted by Crippen LogP contribution is 2.31. The van der Waals surface area contributed by atoms with E-state index in [1.54, 1.807) is 61.8 Å². The number of ether oxygens (including phenoxy) is 2. The van der Waals surface area contributed by atoms with E-state index in [9.17, 15) is 9.59 Å². The van der Waals surface area contributed by atoms with Crippen molar-refractivity contribution in [3.05, 3.63) is 102 Å². The summed E-state index contributed by atoms with van der Waals surface area (Å²) in [6, 6.07) is 18.9. The molecule has 2 heterocycles. The smallest absolute Gasteiger partial charge is 0.257 e. The number of carbonyl (C=O) groups is 2. The molecule has 2 N–H and O–H groups in total. The predicted molar refractivity (Wildman–Crippen MR) is 129 cm³/mol. The fraction of sp³-hybridized carbons (Fsp3) is 0.0769. The lowest BCUT2D eigenvalue weighted by molar-refractivity contribution is 0.101. The van der Waals surface area contributed by atoms with Crippen LogP contribution >= 0.6 is 0 Å². The van der Waals surface area contributed by atoms with Crippen LogP contribution in [0.1, 0.15) is 26.3 Å². The Morgan fingerprint density at radius 2 is 1.59 bits per heavy atom. The summed E-state index contributed by atoms with van der Waals surface area (Å²) >= 11 is 0. The van der Waals surface area contributed by atoms with Gasteiger partial charge in [-0.3, -0.25) is 14.6 Å². The molecule has 0 spiro atoms. The van der Waals surface area contributed by atoms with Crippen LogP contribution < -0.4 is 20.1 Å². The topological polar surface area (TPSA) is 102 Å². The van der Waals surface area contributed by atoms with Crippen molar-refractivity contribution in [1.82, 2.24) is 9.97 Å². The number of carbonyl (C=O) groups excluding carboxylic acids is 2. The second-order valence-electron chi connectivity index (χ2n) is 7.37. The molecule has 2 amide bonds. The molecule has 0 radical (unpaired) electrons. The van der Waals surface area contributed by atoms with Crippen LogP contribution in [-0.4, -0.2) is 28.9 Å². The molecule has 34 heavy (non-hydrogen) atoms. The highest BCUT2D eigenvalue weighted by molar-refractivity contribution is 6.07. The van der Waals surface area contributed by atoms with Crippen LogP contribution in [0.2, 0.25) is 0 Å². The molecule has 0 aliphatic carbocycles. The van der Waals surface area contributed by atoms with Gasteiger partial charge in [0.15, 0.2) is 11.5 Å². The van der Waals surface area contributed by atoms with Gasteiger partial charge in [-0.05, 0) is 61.0 Å². The Balaban J connectivity index is 1.40. The minimum atomic E-state index is -0.340. The van der Waals surface area contributed by atoms with Crippen LogP contribution in [0.25, 0.3) is 0 Å². The fourth-order valence-corrected chi connectivity index (χ4v) is 3.13. The zero-order chi connectivity index (χ0) is 23.9. The number of methoxy groups -OCH3 is 1. The van der Waals surface area contributed by atoms with Gasteiger partial charge in [-0.2, -0.15) is 0 Å². The minimum absolute atomic E-state index is 0.310. The van der Waals surface area contributed by atoms with Crippen molar-refractivity contribution in [2.75, 3.05) is 17.7 Å². The largest absolute Gasteiger partial charge is 0.493 e. The summed E-state index contributed by atoms with van der Waals surface area (Å²) in [6.07, 6.45) is 4.57. The van der Waals surface area contributed by atoms with Crippen LogP contribution in [0.5, 0.6) is 17.4 Å². The maximum absolute atomic E-state index is 12.7. The first-order chi connectivity index (χ1) is 16.5. The van der Waals surface area contributed by atoms with E-state index in [-0.39, 0.29) is 11.8 Å². The molecule has 2 aromatic heterocycles. The maximum atomic E-state index is 12.7. The van der Waals surface area contributed by atoms with E-state index >= 15 is 0 Å². The van der Waals surface area contributed by atoms with Crippen molar-refractivity contribution in [3.63, 3.8) is 0 Å². The van der Waals surface area contributed by atoms with Gasteiger partial charge in [0.1, 0.15) is 0 Å². The zero-order valence-electron chi connectivity index (χ0n) is 18.6. The van der Waals surface area contributed by atoms with Gasteiger partial charge in [-0.15, -0.1) is 0 Å². The van der Waals surface area contributed by atoms with Gasteiger partial charge in [0.2, 0.25) is 5.88 Å². The molecule has 0 fully saturated rings. The van der Waals surface area contributed by atoms with Crippen molar-refractivity contribution in [2.24, 2.45) is 0 Å². The lowest BCUT2D eigenvalue weighted by Gasteiger charge is -2.11. The molecule has 2 aromatic carbocycles. The third-order valence-electron chi connectivity index (χ3n) is 4.83. The van der Waals surface area contributed by atoms with Gasteiger partial charge < -0.3 is 20.1 Å². The SMILES string of the molecule is COc1cc(C)ccc1Oc1ccc(NC(=O)c2cccc(NC(=O)c3cccnc3)c2)cn1. The molecule has 0 aliphatic rings. The number of benzene rings is 2. The standard InChI is InChI=1S/C26H22N4O4/c1-17-8-10-22(23(13-17)33-2)34-24-11-9-21(16-28-24)30-25(31)18-5-3-7-20(14-18)29-26(32)19-6-4-12-27-15-19/h3-16H,1-2H3,(H,29,32)(H,30,31). The third kappa shape index (κ3) is 5.55. The summed E-state index contributed by atoms with van der Waals surface area (Å²) < 4.78 is 11.1. The predicted octanol–water partition coefficient (Wildman–Crippen LogP) is 5.09. The quantitative estimate of drug-likeness (QED) is 0.403. The van der Waals surface area contributed by atoms with Gasteiger partial charge in [0.05, 0.1) is 24.6 Å². The van der Waals surface area contributed by atoms with Gasteiger partial charge in [-0.1, -0.05) is 12.1 Å². The van der Waals surface area contributed by atoms with E-state index in [1.807, 2.05) is 25.1 Å². The first kappa shape index (κ1) is 22.5. The molecule has 4 rings (SSSR count). The molecular formula is C26H22N4O4. The van der Waals surface area contributed by atoms with Crippen LogP contribution in [0.4, 0.5) is 11.4 Å². The van der Waals surface area contributed by atoms with E-state index < -0.39 is 0 Å². The Bertz CT molecular complexity index is 1310. The normalized spacial score (nSPS) is 10.3. The van der Waals surface area contributed by atoms with Crippen LogP contribution in [0.3, 0.4) is 0 Å². The average Bonchev–Trinajstić information content (AvgIpc) is 2.87. The molecule has 8 heteroatoms. The first-order valence-corrected chi connectivity index (χ1v) is 10.4. The van der Waals surface area contributed by atoms with E-state index in [1.165, 1.54) is 12.4 Å². The average molecular weight is 454 g/mol. The molecule has 0 atom stereocenters. The summed E-state index contributed by atoms with van der Waals surface area (Å²) in [6.45, 7) is 1.96.